The third kappa shape index (κ3) is 4.46. The number of aryl methyl sites for hydroxylation is 1. The molecular weight excluding hydrogens is 355 g/mol. The lowest BCUT2D eigenvalue weighted by atomic mass is 10.2. The average Bonchev–Trinajstić information content (AvgIpc) is 2.48. The van der Waals surface area contributed by atoms with Crippen molar-refractivity contribution in [2.24, 2.45) is 0 Å². The van der Waals surface area contributed by atoms with E-state index in [2.05, 4.69) is 5.32 Å². The van der Waals surface area contributed by atoms with E-state index in [4.69, 9.17) is 11.6 Å². The zero-order chi connectivity index (χ0) is 17.9. The van der Waals surface area contributed by atoms with Crippen LogP contribution in [-0.4, -0.2) is 27.1 Å². The monoisotopic (exact) mass is 370 g/mol. The Labute approximate surface area is 145 Å². The Morgan fingerprint density at radius 1 is 1.25 bits per heavy atom. The maximum absolute atomic E-state index is 13.7. The molecule has 0 atom stereocenters. The number of halogens is 2. The maximum atomic E-state index is 13.7. The Kier molecular flexibility index (Phi) is 5.46. The summed E-state index contributed by atoms with van der Waals surface area (Å²) < 4.78 is 38.7. The van der Waals surface area contributed by atoms with Crippen LogP contribution < -0.4 is 9.62 Å². The number of carbonyl (C=O) groups excluding carboxylic acids is 1. The summed E-state index contributed by atoms with van der Waals surface area (Å²) in [5.41, 5.74) is 0.983. The smallest absolute Gasteiger partial charge is 0.245 e. The van der Waals surface area contributed by atoms with Crippen molar-refractivity contribution < 1.29 is 17.6 Å². The van der Waals surface area contributed by atoms with Gasteiger partial charge in [-0.25, -0.2) is 12.8 Å². The van der Waals surface area contributed by atoms with Gasteiger partial charge in [0.1, 0.15) is 12.4 Å². The molecule has 2 aromatic rings. The van der Waals surface area contributed by atoms with Crippen molar-refractivity contribution in [3.8, 4) is 0 Å². The first-order chi connectivity index (χ1) is 11.2. The minimum Gasteiger partial charge on any atom is -0.322 e. The summed E-state index contributed by atoms with van der Waals surface area (Å²) in [6.07, 6.45) is 1.01. The van der Waals surface area contributed by atoms with Crippen LogP contribution in [0.1, 0.15) is 5.56 Å². The lowest BCUT2D eigenvalue weighted by Crippen LogP contribution is -2.38. The predicted molar refractivity (Wildman–Crippen MR) is 93.4 cm³/mol. The summed E-state index contributed by atoms with van der Waals surface area (Å²) >= 11 is 5.77. The van der Waals surface area contributed by atoms with Gasteiger partial charge in [0.25, 0.3) is 0 Å². The van der Waals surface area contributed by atoms with E-state index in [1.165, 1.54) is 12.1 Å². The zero-order valence-electron chi connectivity index (χ0n) is 13.1. The van der Waals surface area contributed by atoms with E-state index in [0.29, 0.717) is 11.3 Å². The van der Waals surface area contributed by atoms with Gasteiger partial charge in [-0.3, -0.25) is 9.10 Å². The highest BCUT2D eigenvalue weighted by atomic mass is 35.5. The largest absolute Gasteiger partial charge is 0.322 e. The fraction of sp³-hybridized carbons (Fsp3) is 0.188. The SMILES string of the molecule is Cc1ccccc1N(CC(=O)Nc1cc(Cl)ccc1F)S(C)(=O)=O. The second-order valence-electron chi connectivity index (χ2n) is 5.23. The van der Waals surface area contributed by atoms with E-state index in [1.807, 2.05) is 0 Å². The van der Waals surface area contributed by atoms with Gasteiger partial charge < -0.3 is 5.32 Å². The van der Waals surface area contributed by atoms with Crippen LogP contribution in [0.15, 0.2) is 42.5 Å². The van der Waals surface area contributed by atoms with Crippen LogP contribution in [0.25, 0.3) is 0 Å². The number of sulfonamides is 1. The van der Waals surface area contributed by atoms with Gasteiger partial charge in [-0.2, -0.15) is 0 Å². The van der Waals surface area contributed by atoms with Crippen LogP contribution in [0.5, 0.6) is 0 Å². The molecule has 0 unspecified atom stereocenters. The standard InChI is InChI=1S/C16H16ClFN2O3S/c1-11-5-3-4-6-15(11)20(24(2,22)23)10-16(21)19-14-9-12(17)7-8-13(14)18/h3-9H,10H2,1-2H3,(H,19,21). The minimum atomic E-state index is -3.69. The van der Waals surface area contributed by atoms with Crippen molar-refractivity contribution in [2.75, 3.05) is 22.4 Å². The molecule has 1 N–H and O–H groups in total. The quantitative estimate of drug-likeness (QED) is 0.878. The van der Waals surface area contributed by atoms with Crippen molar-refractivity contribution in [1.82, 2.24) is 0 Å². The van der Waals surface area contributed by atoms with E-state index >= 15 is 0 Å². The predicted octanol–water partition coefficient (Wildman–Crippen LogP) is 3.19. The summed E-state index contributed by atoms with van der Waals surface area (Å²) in [5, 5.41) is 2.59. The Hall–Kier alpha value is -2.12. The molecule has 0 heterocycles. The summed E-state index contributed by atoms with van der Waals surface area (Å²) in [6.45, 7) is 1.26. The molecule has 128 valence electrons. The van der Waals surface area contributed by atoms with Gasteiger partial charge in [0, 0.05) is 5.02 Å². The van der Waals surface area contributed by atoms with Crippen LogP contribution in [0.2, 0.25) is 5.02 Å². The highest BCUT2D eigenvalue weighted by Gasteiger charge is 2.22. The number of carbonyl (C=O) groups is 1. The van der Waals surface area contributed by atoms with Gasteiger partial charge in [-0.05, 0) is 36.8 Å². The molecule has 0 spiro atoms. The van der Waals surface area contributed by atoms with Crippen molar-refractivity contribution >= 4 is 38.9 Å². The average molecular weight is 371 g/mol. The van der Waals surface area contributed by atoms with Crippen molar-refractivity contribution in [3.63, 3.8) is 0 Å². The van der Waals surface area contributed by atoms with Gasteiger partial charge in [0.05, 0.1) is 17.6 Å². The van der Waals surface area contributed by atoms with Gasteiger partial charge in [-0.15, -0.1) is 0 Å². The Morgan fingerprint density at radius 3 is 2.54 bits per heavy atom. The Bertz CT molecular complexity index is 871. The second-order valence-corrected chi connectivity index (χ2v) is 7.57. The molecule has 0 aromatic heterocycles. The van der Waals surface area contributed by atoms with E-state index in [0.717, 1.165) is 16.6 Å². The molecule has 0 aliphatic heterocycles. The first-order valence-corrected chi connectivity index (χ1v) is 9.19. The Morgan fingerprint density at radius 2 is 1.92 bits per heavy atom. The number of nitrogens with zero attached hydrogens (tertiary/aromatic N) is 1. The molecule has 0 fully saturated rings. The number of nitrogens with one attached hydrogen (secondary N) is 1. The topological polar surface area (TPSA) is 66.5 Å². The molecule has 0 bridgehead atoms. The third-order valence-electron chi connectivity index (χ3n) is 3.27. The highest BCUT2D eigenvalue weighted by molar-refractivity contribution is 7.92. The molecule has 0 radical (unpaired) electrons. The number of rotatable bonds is 5. The molecule has 8 heteroatoms. The Balaban J connectivity index is 2.26. The minimum absolute atomic E-state index is 0.106. The first kappa shape index (κ1) is 18.2. The van der Waals surface area contributed by atoms with E-state index in [-0.39, 0.29) is 10.7 Å². The summed E-state index contributed by atoms with van der Waals surface area (Å²) in [4.78, 5) is 12.2. The van der Waals surface area contributed by atoms with Crippen molar-refractivity contribution in [1.29, 1.82) is 0 Å². The molecular formula is C16H16ClFN2O3S. The van der Waals surface area contributed by atoms with Gasteiger partial charge in [-0.1, -0.05) is 29.8 Å². The molecule has 1 amide bonds. The molecule has 0 saturated heterocycles. The first-order valence-electron chi connectivity index (χ1n) is 6.97. The van der Waals surface area contributed by atoms with Gasteiger partial charge >= 0.3 is 0 Å². The number of anilines is 2. The van der Waals surface area contributed by atoms with E-state index < -0.39 is 28.3 Å². The van der Waals surface area contributed by atoms with Gasteiger partial charge in [0.15, 0.2) is 0 Å². The van der Waals surface area contributed by atoms with Crippen molar-refractivity contribution in [3.05, 3.63) is 58.9 Å². The third-order valence-corrected chi connectivity index (χ3v) is 4.64. The molecule has 2 aromatic carbocycles. The number of benzene rings is 2. The molecule has 2 rings (SSSR count). The molecule has 0 aliphatic rings. The number of para-hydroxylation sites is 1. The fourth-order valence-electron chi connectivity index (χ4n) is 2.14. The maximum Gasteiger partial charge on any atom is 0.245 e. The molecule has 0 aliphatic carbocycles. The highest BCUT2D eigenvalue weighted by Crippen LogP contribution is 2.23. The molecule has 5 nitrogen and oxygen atoms in total. The van der Waals surface area contributed by atoms with E-state index in [9.17, 15) is 17.6 Å². The zero-order valence-corrected chi connectivity index (χ0v) is 14.7. The lowest BCUT2D eigenvalue weighted by molar-refractivity contribution is -0.114. The fourth-order valence-corrected chi connectivity index (χ4v) is 3.22. The second kappa shape index (κ2) is 7.19. The van der Waals surface area contributed by atoms with Crippen LogP contribution in [0.3, 0.4) is 0 Å². The molecule has 24 heavy (non-hydrogen) atoms. The summed E-state index contributed by atoms with van der Waals surface area (Å²) in [7, 11) is -3.69. The lowest BCUT2D eigenvalue weighted by Gasteiger charge is -2.23. The van der Waals surface area contributed by atoms with Crippen LogP contribution in [0.4, 0.5) is 15.8 Å². The van der Waals surface area contributed by atoms with Gasteiger partial charge in [0.2, 0.25) is 15.9 Å². The van der Waals surface area contributed by atoms with E-state index in [1.54, 1.807) is 31.2 Å². The van der Waals surface area contributed by atoms with Crippen LogP contribution in [-0.2, 0) is 14.8 Å². The number of hydrogen-bond donors (Lipinski definition) is 1. The van der Waals surface area contributed by atoms with Crippen molar-refractivity contribution in [2.45, 2.75) is 6.92 Å². The van der Waals surface area contributed by atoms with Crippen LogP contribution in [0, 0.1) is 12.7 Å². The summed E-state index contributed by atoms with van der Waals surface area (Å²) in [5.74, 6) is -1.33. The molecule has 0 saturated carbocycles. The normalized spacial score (nSPS) is 11.2. The number of hydrogen-bond acceptors (Lipinski definition) is 3. The number of amides is 1. The summed E-state index contributed by atoms with van der Waals surface area (Å²) in [6, 6.07) is 10.5. The van der Waals surface area contributed by atoms with Crippen LogP contribution >= 0.6 is 11.6 Å².